The third-order valence-corrected chi connectivity index (χ3v) is 1.56. The van der Waals surface area contributed by atoms with E-state index in [1.165, 1.54) is 5.12 Å². The maximum Gasteiger partial charge on any atom is 0.0477 e. The van der Waals surface area contributed by atoms with E-state index in [-0.39, 0.29) is 0 Å². The number of hydrogen-bond acceptors (Lipinski definition) is 3. The number of rotatable bonds is 0. The van der Waals surface area contributed by atoms with Gasteiger partial charge in [-0.3, -0.25) is 5.43 Å². The van der Waals surface area contributed by atoms with E-state index in [1.54, 1.807) is 6.20 Å². The summed E-state index contributed by atoms with van der Waals surface area (Å²) >= 11 is 0. The average molecular weight is 146 g/mol. The highest BCUT2D eigenvalue weighted by Gasteiger charge is 1.93. The molecular formula is C8H8N3. The van der Waals surface area contributed by atoms with Gasteiger partial charge in [0.1, 0.15) is 0 Å². The molecule has 0 fully saturated rings. The highest BCUT2D eigenvalue weighted by molar-refractivity contribution is 5.33. The molecule has 0 unspecified atom stereocenters. The molecule has 1 radical (unpaired) electrons. The topological polar surface area (TPSA) is 41.3 Å². The SMILES string of the molecule is NN1C=c2[c]cccc2=CN1. The molecule has 3 N–H and O–H groups in total. The van der Waals surface area contributed by atoms with E-state index in [4.69, 9.17) is 5.84 Å². The van der Waals surface area contributed by atoms with Crippen molar-refractivity contribution in [3.8, 4) is 0 Å². The van der Waals surface area contributed by atoms with E-state index in [0.29, 0.717) is 0 Å². The highest BCUT2D eigenvalue weighted by atomic mass is 15.6. The van der Waals surface area contributed by atoms with Crippen LogP contribution in [-0.4, -0.2) is 5.12 Å². The third-order valence-electron chi connectivity index (χ3n) is 1.56. The van der Waals surface area contributed by atoms with E-state index in [1.807, 2.05) is 24.4 Å². The molecule has 55 valence electrons. The zero-order valence-corrected chi connectivity index (χ0v) is 5.91. The minimum Gasteiger partial charge on any atom is -0.291 e. The van der Waals surface area contributed by atoms with Gasteiger partial charge < -0.3 is 0 Å². The molecule has 0 aliphatic carbocycles. The van der Waals surface area contributed by atoms with Crippen LogP contribution in [0.4, 0.5) is 0 Å². The minimum absolute atomic E-state index is 1.01. The Morgan fingerprint density at radius 3 is 3.36 bits per heavy atom. The number of hydrazine groups is 2. The van der Waals surface area contributed by atoms with Gasteiger partial charge in [-0.25, -0.2) is 11.0 Å². The van der Waals surface area contributed by atoms with Crippen LogP contribution in [0.2, 0.25) is 0 Å². The molecule has 0 bridgehead atoms. The molecule has 1 aromatic rings. The van der Waals surface area contributed by atoms with Crippen LogP contribution in [0.15, 0.2) is 18.2 Å². The van der Waals surface area contributed by atoms with Crippen LogP contribution in [0.5, 0.6) is 0 Å². The lowest BCUT2D eigenvalue weighted by Crippen LogP contribution is -2.45. The van der Waals surface area contributed by atoms with Crippen molar-refractivity contribution >= 4 is 12.4 Å². The summed E-state index contributed by atoms with van der Waals surface area (Å²) in [5.74, 6) is 5.46. The second-order valence-corrected chi connectivity index (χ2v) is 2.35. The Labute approximate surface area is 64.4 Å². The van der Waals surface area contributed by atoms with Crippen LogP contribution in [0, 0.1) is 6.07 Å². The molecule has 0 atom stereocenters. The summed E-state index contributed by atoms with van der Waals surface area (Å²) in [4.78, 5) is 0. The van der Waals surface area contributed by atoms with Crippen LogP contribution >= 0.6 is 0 Å². The van der Waals surface area contributed by atoms with Gasteiger partial charge in [0.15, 0.2) is 0 Å². The first kappa shape index (κ1) is 6.24. The Hall–Kier alpha value is -1.48. The number of nitrogens with one attached hydrogen (secondary N) is 1. The lowest BCUT2D eigenvalue weighted by atomic mass is 10.2. The molecule has 3 nitrogen and oxygen atoms in total. The summed E-state index contributed by atoms with van der Waals surface area (Å²) in [6, 6.07) is 8.88. The summed E-state index contributed by atoms with van der Waals surface area (Å²) < 4.78 is 0. The number of hydrogen-bond donors (Lipinski definition) is 2. The average Bonchev–Trinajstić information content (AvgIpc) is 2.04. The molecule has 0 saturated heterocycles. The largest absolute Gasteiger partial charge is 0.291 e. The monoisotopic (exact) mass is 146 g/mol. The predicted octanol–water partition coefficient (Wildman–Crippen LogP) is -1.34. The molecule has 0 saturated carbocycles. The van der Waals surface area contributed by atoms with Crippen molar-refractivity contribution in [2.75, 3.05) is 0 Å². The van der Waals surface area contributed by atoms with E-state index in [2.05, 4.69) is 11.5 Å². The molecule has 1 aliphatic heterocycles. The fourth-order valence-corrected chi connectivity index (χ4v) is 1.02. The zero-order valence-electron chi connectivity index (χ0n) is 5.91. The zero-order chi connectivity index (χ0) is 7.68. The molecular weight excluding hydrogens is 138 g/mol. The van der Waals surface area contributed by atoms with Gasteiger partial charge in [-0.1, -0.05) is 18.2 Å². The van der Waals surface area contributed by atoms with Gasteiger partial charge in [0.25, 0.3) is 0 Å². The number of nitrogens with two attached hydrogens (primary N) is 1. The van der Waals surface area contributed by atoms with E-state index < -0.39 is 0 Å². The fourth-order valence-electron chi connectivity index (χ4n) is 1.02. The van der Waals surface area contributed by atoms with E-state index in [9.17, 15) is 0 Å². The Morgan fingerprint density at radius 2 is 2.45 bits per heavy atom. The Morgan fingerprint density at radius 1 is 1.55 bits per heavy atom. The summed E-state index contributed by atoms with van der Waals surface area (Å²) in [6.07, 6.45) is 3.63. The van der Waals surface area contributed by atoms with Crippen molar-refractivity contribution in [3.63, 3.8) is 0 Å². The van der Waals surface area contributed by atoms with Crippen LogP contribution in [-0.2, 0) is 0 Å². The quantitative estimate of drug-likeness (QED) is 0.445. The van der Waals surface area contributed by atoms with Gasteiger partial charge in [0.05, 0.1) is 0 Å². The molecule has 1 aliphatic rings. The number of nitrogens with zero attached hydrogens (tertiary/aromatic N) is 1. The fraction of sp³-hybridized carbons (Fsp3) is 0. The summed E-state index contributed by atoms with van der Waals surface area (Å²) in [5, 5.41) is 3.52. The Kier molecular flexibility index (Phi) is 1.30. The van der Waals surface area contributed by atoms with Gasteiger partial charge in [0, 0.05) is 22.8 Å². The lowest BCUT2D eigenvalue weighted by molar-refractivity contribution is 0.377. The van der Waals surface area contributed by atoms with Crippen LogP contribution in [0.1, 0.15) is 0 Å². The maximum atomic E-state index is 5.46. The Bertz CT molecular complexity index is 369. The van der Waals surface area contributed by atoms with Crippen molar-refractivity contribution < 1.29 is 0 Å². The first-order valence-electron chi connectivity index (χ1n) is 3.35. The molecule has 3 heteroatoms. The van der Waals surface area contributed by atoms with Crippen molar-refractivity contribution in [1.82, 2.24) is 10.5 Å². The van der Waals surface area contributed by atoms with Crippen molar-refractivity contribution in [1.29, 1.82) is 0 Å². The molecule has 0 spiro atoms. The van der Waals surface area contributed by atoms with Crippen molar-refractivity contribution in [2.45, 2.75) is 0 Å². The summed E-state index contributed by atoms with van der Waals surface area (Å²) in [7, 11) is 0. The lowest BCUT2D eigenvalue weighted by Gasteiger charge is -2.15. The highest BCUT2D eigenvalue weighted by Crippen LogP contribution is 1.77. The van der Waals surface area contributed by atoms with Crippen molar-refractivity contribution in [2.24, 2.45) is 5.84 Å². The minimum atomic E-state index is 1.01. The van der Waals surface area contributed by atoms with Gasteiger partial charge in [-0.05, 0) is 6.07 Å². The van der Waals surface area contributed by atoms with Gasteiger partial charge in [0.2, 0.25) is 0 Å². The maximum absolute atomic E-state index is 5.46. The van der Waals surface area contributed by atoms with Gasteiger partial charge >= 0.3 is 0 Å². The number of fused-ring (bicyclic) bond motifs is 1. The van der Waals surface area contributed by atoms with E-state index >= 15 is 0 Å². The molecule has 0 amide bonds. The summed E-state index contributed by atoms with van der Waals surface area (Å²) in [6.45, 7) is 0. The second-order valence-electron chi connectivity index (χ2n) is 2.35. The van der Waals surface area contributed by atoms with Gasteiger partial charge in [-0.15, -0.1) is 0 Å². The normalized spacial score (nSPS) is 14.1. The van der Waals surface area contributed by atoms with Crippen LogP contribution in [0.3, 0.4) is 0 Å². The molecule has 1 heterocycles. The smallest absolute Gasteiger partial charge is 0.0477 e. The molecule has 1 aromatic carbocycles. The first-order valence-corrected chi connectivity index (χ1v) is 3.35. The van der Waals surface area contributed by atoms with Crippen LogP contribution < -0.4 is 21.7 Å². The first-order chi connectivity index (χ1) is 5.36. The predicted molar refractivity (Wildman–Crippen MR) is 42.6 cm³/mol. The number of benzene rings is 1. The Balaban J connectivity index is 2.73. The third kappa shape index (κ3) is 1.06. The molecule has 2 rings (SSSR count). The van der Waals surface area contributed by atoms with Crippen molar-refractivity contribution in [3.05, 3.63) is 34.7 Å². The second kappa shape index (κ2) is 2.29. The molecule has 0 aromatic heterocycles. The standard InChI is InChI=1S/C8H8N3/c9-11-6-8-4-2-1-3-7(8)5-10-11/h1-3,5-6,10H,9H2. The van der Waals surface area contributed by atoms with Crippen LogP contribution in [0.25, 0.3) is 12.4 Å². The molecule has 11 heavy (non-hydrogen) atoms. The van der Waals surface area contributed by atoms with E-state index in [0.717, 1.165) is 10.4 Å². The van der Waals surface area contributed by atoms with Gasteiger partial charge in [-0.2, -0.15) is 0 Å². The summed E-state index contributed by atoms with van der Waals surface area (Å²) in [5.41, 5.74) is 2.85.